The lowest BCUT2D eigenvalue weighted by atomic mass is 10.0. The maximum absolute atomic E-state index is 13.3. The van der Waals surface area contributed by atoms with Crippen LogP contribution in [0, 0.1) is 0 Å². The lowest BCUT2D eigenvalue weighted by Crippen LogP contribution is -2.35. The van der Waals surface area contributed by atoms with Crippen molar-refractivity contribution in [2.45, 2.75) is 26.3 Å². The summed E-state index contributed by atoms with van der Waals surface area (Å²) in [6.07, 6.45) is 2.06. The van der Waals surface area contributed by atoms with E-state index in [2.05, 4.69) is 66.1 Å². The molecule has 1 amide bonds. The van der Waals surface area contributed by atoms with E-state index in [9.17, 15) is 4.79 Å². The molecule has 27 heavy (non-hydrogen) atoms. The second kappa shape index (κ2) is 6.27. The van der Waals surface area contributed by atoms with Crippen molar-refractivity contribution < 1.29 is 4.79 Å². The van der Waals surface area contributed by atoms with Gasteiger partial charge in [-0.15, -0.1) is 0 Å². The molecule has 1 aliphatic heterocycles. The number of hydrogen-bond donors (Lipinski definition) is 0. The van der Waals surface area contributed by atoms with Gasteiger partial charge in [0.2, 0.25) is 0 Å². The van der Waals surface area contributed by atoms with Crippen LogP contribution in [0.3, 0.4) is 0 Å². The third-order valence-corrected chi connectivity index (χ3v) is 5.69. The molecule has 0 N–H and O–H groups in total. The SMILES string of the molecule is CCn1c2ccccc2c2cc(C(=O)N3CCCc4ccccc43)ccc21. The minimum atomic E-state index is 0.0948. The van der Waals surface area contributed by atoms with Gasteiger partial charge >= 0.3 is 0 Å². The number of anilines is 1. The number of para-hydroxylation sites is 2. The summed E-state index contributed by atoms with van der Waals surface area (Å²) >= 11 is 0. The van der Waals surface area contributed by atoms with Crippen LogP contribution in [-0.2, 0) is 13.0 Å². The minimum absolute atomic E-state index is 0.0948. The van der Waals surface area contributed by atoms with Gasteiger partial charge in [0.25, 0.3) is 5.91 Å². The Morgan fingerprint density at radius 3 is 2.59 bits per heavy atom. The standard InChI is InChI=1S/C24H22N2O/c1-2-25-22-12-6-4-10-19(22)20-16-18(13-14-23(20)25)24(27)26-15-7-9-17-8-3-5-11-21(17)26/h3-6,8,10-14,16H,2,7,9,15H2,1H3. The summed E-state index contributed by atoms with van der Waals surface area (Å²) in [6.45, 7) is 3.86. The number of carbonyl (C=O) groups is 1. The number of rotatable bonds is 2. The zero-order valence-corrected chi connectivity index (χ0v) is 15.5. The van der Waals surface area contributed by atoms with Gasteiger partial charge in [0.15, 0.2) is 0 Å². The Kier molecular flexibility index (Phi) is 3.75. The number of nitrogens with zero attached hydrogens (tertiary/aromatic N) is 2. The predicted molar refractivity (Wildman–Crippen MR) is 112 cm³/mol. The predicted octanol–water partition coefficient (Wildman–Crippen LogP) is 5.41. The lowest BCUT2D eigenvalue weighted by Gasteiger charge is -2.29. The number of hydrogen-bond acceptors (Lipinski definition) is 1. The monoisotopic (exact) mass is 354 g/mol. The van der Waals surface area contributed by atoms with Crippen molar-refractivity contribution in [3.63, 3.8) is 0 Å². The van der Waals surface area contributed by atoms with E-state index in [1.54, 1.807) is 0 Å². The van der Waals surface area contributed by atoms with E-state index < -0.39 is 0 Å². The quantitative estimate of drug-likeness (QED) is 0.473. The molecule has 0 fully saturated rings. The fraction of sp³-hybridized carbons (Fsp3) is 0.208. The van der Waals surface area contributed by atoms with Crippen molar-refractivity contribution in [2.75, 3.05) is 11.4 Å². The van der Waals surface area contributed by atoms with Crippen LogP contribution in [0.2, 0.25) is 0 Å². The molecule has 5 rings (SSSR count). The number of aryl methyl sites for hydroxylation is 2. The van der Waals surface area contributed by atoms with E-state index in [1.165, 1.54) is 22.0 Å². The molecule has 0 aliphatic carbocycles. The first kappa shape index (κ1) is 16.1. The van der Waals surface area contributed by atoms with Gasteiger partial charge in [-0.1, -0.05) is 36.4 Å². The Labute approximate surface area is 158 Å². The molecule has 3 nitrogen and oxygen atoms in total. The van der Waals surface area contributed by atoms with Crippen LogP contribution in [-0.4, -0.2) is 17.0 Å². The highest BCUT2D eigenvalue weighted by Crippen LogP contribution is 2.32. The highest BCUT2D eigenvalue weighted by Gasteiger charge is 2.24. The molecule has 134 valence electrons. The molecule has 3 heteroatoms. The smallest absolute Gasteiger partial charge is 0.258 e. The Balaban J connectivity index is 1.64. The van der Waals surface area contributed by atoms with E-state index >= 15 is 0 Å². The average Bonchev–Trinajstić information content (AvgIpc) is 3.05. The second-order valence-electron chi connectivity index (χ2n) is 7.18. The molecular weight excluding hydrogens is 332 g/mol. The first-order valence-corrected chi connectivity index (χ1v) is 9.68. The third kappa shape index (κ3) is 2.46. The molecule has 0 saturated heterocycles. The molecule has 0 saturated carbocycles. The molecule has 2 heterocycles. The summed E-state index contributed by atoms with van der Waals surface area (Å²) in [7, 11) is 0. The van der Waals surface area contributed by atoms with Crippen LogP contribution >= 0.6 is 0 Å². The van der Waals surface area contributed by atoms with Gasteiger partial charge in [0, 0.05) is 46.1 Å². The van der Waals surface area contributed by atoms with Gasteiger partial charge in [-0.05, 0) is 55.7 Å². The second-order valence-corrected chi connectivity index (χ2v) is 7.18. The van der Waals surface area contributed by atoms with Crippen molar-refractivity contribution in [2.24, 2.45) is 0 Å². The van der Waals surface area contributed by atoms with Crippen molar-refractivity contribution in [1.29, 1.82) is 0 Å². The molecule has 0 atom stereocenters. The fourth-order valence-corrected chi connectivity index (χ4v) is 4.43. The van der Waals surface area contributed by atoms with Gasteiger partial charge in [-0.2, -0.15) is 0 Å². The number of fused-ring (bicyclic) bond motifs is 4. The van der Waals surface area contributed by atoms with E-state index in [-0.39, 0.29) is 5.91 Å². The third-order valence-electron chi connectivity index (χ3n) is 5.69. The van der Waals surface area contributed by atoms with Gasteiger partial charge in [0.05, 0.1) is 0 Å². The summed E-state index contributed by atoms with van der Waals surface area (Å²) in [5.41, 5.74) is 5.50. The molecule has 0 bridgehead atoms. The number of aromatic nitrogens is 1. The van der Waals surface area contributed by atoms with Gasteiger partial charge in [-0.3, -0.25) is 4.79 Å². The molecule has 0 spiro atoms. The molecule has 0 unspecified atom stereocenters. The highest BCUT2D eigenvalue weighted by molar-refractivity contribution is 6.13. The molecule has 4 aromatic rings. The zero-order chi connectivity index (χ0) is 18.4. The molecule has 0 radical (unpaired) electrons. The van der Waals surface area contributed by atoms with Gasteiger partial charge in [0.1, 0.15) is 0 Å². The van der Waals surface area contributed by atoms with Crippen LogP contribution in [0.1, 0.15) is 29.3 Å². The summed E-state index contributed by atoms with van der Waals surface area (Å²) in [5, 5.41) is 2.37. The van der Waals surface area contributed by atoms with Crippen LogP contribution < -0.4 is 4.90 Å². The van der Waals surface area contributed by atoms with Gasteiger partial charge in [-0.25, -0.2) is 0 Å². The minimum Gasteiger partial charge on any atom is -0.341 e. The van der Waals surface area contributed by atoms with Crippen molar-refractivity contribution in [3.05, 3.63) is 77.9 Å². The first-order chi connectivity index (χ1) is 13.3. The largest absolute Gasteiger partial charge is 0.341 e. The fourth-order valence-electron chi connectivity index (χ4n) is 4.43. The van der Waals surface area contributed by atoms with Crippen LogP contribution in [0.4, 0.5) is 5.69 Å². The molecular formula is C24H22N2O. The Bertz CT molecular complexity index is 1170. The number of carbonyl (C=O) groups excluding carboxylic acids is 1. The number of benzene rings is 3. The molecule has 1 aliphatic rings. The van der Waals surface area contributed by atoms with Crippen LogP contribution in [0.5, 0.6) is 0 Å². The topological polar surface area (TPSA) is 25.2 Å². The van der Waals surface area contributed by atoms with Crippen LogP contribution in [0.15, 0.2) is 66.7 Å². The Morgan fingerprint density at radius 2 is 1.70 bits per heavy atom. The van der Waals surface area contributed by atoms with E-state index in [0.717, 1.165) is 42.6 Å². The first-order valence-electron chi connectivity index (χ1n) is 9.68. The summed E-state index contributed by atoms with van der Waals surface area (Å²) in [5.74, 6) is 0.0948. The number of amides is 1. The van der Waals surface area contributed by atoms with Gasteiger partial charge < -0.3 is 9.47 Å². The zero-order valence-electron chi connectivity index (χ0n) is 15.5. The maximum atomic E-state index is 13.3. The average molecular weight is 354 g/mol. The van der Waals surface area contributed by atoms with Crippen LogP contribution in [0.25, 0.3) is 21.8 Å². The van der Waals surface area contributed by atoms with E-state index in [1.807, 2.05) is 17.0 Å². The molecule has 1 aromatic heterocycles. The van der Waals surface area contributed by atoms with E-state index in [4.69, 9.17) is 0 Å². The van der Waals surface area contributed by atoms with E-state index in [0.29, 0.717) is 0 Å². The maximum Gasteiger partial charge on any atom is 0.258 e. The Hall–Kier alpha value is -3.07. The Morgan fingerprint density at radius 1 is 0.926 bits per heavy atom. The van der Waals surface area contributed by atoms with Crippen molar-refractivity contribution in [3.8, 4) is 0 Å². The summed E-state index contributed by atoms with van der Waals surface area (Å²) in [4.78, 5) is 15.3. The summed E-state index contributed by atoms with van der Waals surface area (Å²) in [6, 6.07) is 22.9. The molecule has 3 aromatic carbocycles. The normalized spacial score (nSPS) is 13.9. The highest BCUT2D eigenvalue weighted by atomic mass is 16.2. The van der Waals surface area contributed by atoms with Crippen molar-refractivity contribution in [1.82, 2.24) is 4.57 Å². The summed E-state index contributed by atoms with van der Waals surface area (Å²) < 4.78 is 2.31. The lowest BCUT2D eigenvalue weighted by molar-refractivity contribution is 0.0985. The van der Waals surface area contributed by atoms with Crippen molar-refractivity contribution >= 4 is 33.4 Å².